The fraction of sp³-hybridized carbons (Fsp3) is 0.500. The van der Waals surface area contributed by atoms with E-state index < -0.39 is 0 Å². The summed E-state index contributed by atoms with van der Waals surface area (Å²) in [6.07, 6.45) is 4.42. The number of rotatable bonds is 3. The third-order valence-corrected chi connectivity index (χ3v) is 2.48. The van der Waals surface area contributed by atoms with Crippen LogP contribution in [0.4, 0.5) is 0 Å². The van der Waals surface area contributed by atoms with Crippen molar-refractivity contribution in [1.29, 1.82) is 0 Å². The second-order valence-electron chi connectivity index (χ2n) is 3.60. The first-order valence-electron chi connectivity index (χ1n) is 5.15. The Morgan fingerprint density at radius 3 is 3.25 bits per heavy atom. The molecule has 1 amide bonds. The van der Waals surface area contributed by atoms with Crippen LogP contribution in [0, 0.1) is 0 Å². The number of hydrogen-bond acceptors (Lipinski definition) is 4. The smallest absolute Gasteiger partial charge is 0.246 e. The van der Waals surface area contributed by atoms with E-state index >= 15 is 0 Å². The largest absolute Gasteiger partial charge is 0.373 e. The van der Waals surface area contributed by atoms with E-state index in [1.807, 2.05) is 0 Å². The lowest BCUT2D eigenvalue weighted by Gasteiger charge is -2.32. The van der Waals surface area contributed by atoms with Crippen molar-refractivity contribution in [3.63, 3.8) is 0 Å². The second kappa shape index (κ2) is 4.89. The van der Waals surface area contributed by atoms with Crippen LogP contribution in [0.1, 0.15) is 0 Å². The molecule has 1 aromatic rings. The van der Waals surface area contributed by atoms with Crippen LogP contribution in [-0.2, 0) is 16.1 Å². The zero-order valence-corrected chi connectivity index (χ0v) is 8.95. The Bertz CT molecular complexity index is 363. The molecule has 2 rings (SSSR count). The Hall–Kier alpha value is -1.69. The van der Waals surface area contributed by atoms with Crippen molar-refractivity contribution in [2.75, 3.05) is 19.7 Å². The molecule has 1 unspecified atom stereocenters. The summed E-state index contributed by atoms with van der Waals surface area (Å²) in [7, 11) is 0. The maximum absolute atomic E-state index is 11.4. The Labute approximate surface area is 93.5 Å². The van der Waals surface area contributed by atoms with Gasteiger partial charge in [0.05, 0.1) is 19.3 Å². The number of aromatic nitrogens is 3. The van der Waals surface area contributed by atoms with Gasteiger partial charge in [-0.3, -0.25) is 9.48 Å². The van der Waals surface area contributed by atoms with E-state index in [-0.39, 0.29) is 12.0 Å². The van der Waals surface area contributed by atoms with Crippen LogP contribution >= 0.6 is 0 Å². The Kier molecular flexibility index (Phi) is 3.31. The Balaban J connectivity index is 1.91. The molecule has 0 N–H and O–H groups in total. The highest BCUT2D eigenvalue weighted by molar-refractivity contribution is 5.87. The van der Waals surface area contributed by atoms with Gasteiger partial charge >= 0.3 is 0 Å². The molecular formula is C10H14N4O2. The molecule has 1 aromatic heterocycles. The Morgan fingerprint density at radius 2 is 2.56 bits per heavy atom. The molecule has 0 aliphatic carbocycles. The number of carbonyl (C=O) groups excluding carboxylic acids is 1. The number of morpholine rings is 1. The molecule has 0 aromatic carbocycles. The molecule has 6 nitrogen and oxygen atoms in total. The van der Waals surface area contributed by atoms with Crippen molar-refractivity contribution in [2.24, 2.45) is 0 Å². The third kappa shape index (κ3) is 2.46. The minimum Gasteiger partial charge on any atom is -0.373 e. The van der Waals surface area contributed by atoms with Gasteiger partial charge in [-0.1, -0.05) is 6.58 Å². The number of ether oxygens (including phenoxy) is 1. The lowest BCUT2D eigenvalue weighted by Crippen LogP contribution is -2.46. The van der Waals surface area contributed by atoms with Gasteiger partial charge < -0.3 is 9.64 Å². The first-order chi connectivity index (χ1) is 7.79. The van der Waals surface area contributed by atoms with E-state index in [4.69, 9.17) is 4.74 Å². The maximum Gasteiger partial charge on any atom is 0.246 e. The number of nitrogens with zero attached hydrogens (tertiary/aromatic N) is 4. The maximum atomic E-state index is 11.4. The third-order valence-electron chi connectivity index (χ3n) is 2.48. The molecule has 0 spiro atoms. The van der Waals surface area contributed by atoms with Crippen LogP contribution < -0.4 is 0 Å². The van der Waals surface area contributed by atoms with Gasteiger partial charge in [0.2, 0.25) is 5.91 Å². The van der Waals surface area contributed by atoms with Crippen LogP contribution in [-0.4, -0.2) is 51.4 Å². The number of carbonyl (C=O) groups is 1. The van der Waals surface area contributed by atoms with E-state index in [1.54, 1.807) is 15.9 Å². The Morgan fingerprint density at radius 1 is 1.69 bits per heavy atom. The summed E-state index contributed by atoms with van der Waals surface area (Å²) >= 11 is 0. The normalized spacial score (nSPS) is 20.8. The molecule has 1 saturated heterocycles. The van der Waals surface area contributed by atoms with Crippen molar-refractivity contribution < 1.29 is 9.53 Å². The van der Waals surface area contributed by atoms with E-state index in [1.165, 1.54) is 12.4 Å². The molecule has 1 fully saturated rings. The zero-order chi connectivity index (χ0) is 11.4. The quantitative estimate of drug-likeness (QED) is 0.658. The van der Waals surface area contributed by atoms with Gasteiger partial charge in [-0.15, -0.1) is 0 Å². The summed E-state index contributed by atoms with van der Waals surface area (Å²) < 4.78 is 7.26. The van der Waals surface area contributed by atoms with E-state index in [0.29, 0.717) is 26.2 Å². The summed E-state index contributed by atoms with van der Waals surface area (Å²) in [6.45, 7) is 5.84. The monoisotopic (exact) mass is 222 g/mol. The van der Waals surface area contributed by atoms with Crippen LogP contribution in [0.25, 0.3) is 0 Å². The minimum absolute atomic E-state index is 0.0284. The van der Waals surface area contributed by atoms with Gasteiger partial charge in [0.1, 0.15) is 12.7 Å². The summed E-state index contributed by atoms with van der Waals surface area (Å²) in [4.78, 5) is 17.0. The molecule has 2 heterocycles. The summed E-state index contributed by atoms with van der Waals surface area (Å²) in [5.74, 6) is -0.0492. The van der Waals surface area contributed by atoms with Crippen LogP contribution in [0.3, 0.4) is 0 Å². The van der Waals surface area contributed by atoms with Crippen LogP contribution in [0.15, 0.2) is 25.3 Å². The van der Waals surface area contributed by atoms with Crippen molar-refractivity contribution >= 4 is 5.91 Å². The lowest BCUT2D eigenvalue weighted by atomic mass is 10.2. The van der Waals surface area contributed by atoms with Gasteiger partial charge in [-0.25, -0.2) is 4.98 Å². The fourth-order valence-electron chi connectivity index (χ4n) is 1.69. The summed E-state index contributed by atoms with van der Waals surface area (Å²) in [6, 6.07) is 0. The molecule has 0 bridgehead atoms. The highest BCUT2D eigenvalue weighted by Gasteiger charge is 2.23. The topological polar surface area (TPSA) is 60.2 Å². The molecule has 16 heavy (non-hydrogen) atoms. The summed E-state index contributed by atoms with van der Waals surface area (Å²) in [5, 5.41) is 4.00. The average molecular weight is 222 g/mol. The molecule has 1 atom stereocenters. The van der Waals surface area contributed by atoms with Crippen molar-refractivity contribution in [2.45, 2.75) is 12.6 Å². The van der Waals surface area contributed by atoms with E-state index in [9.17, 15) is 4.79 Å². The zero-order valence-electron chi connectivity index (χ0n) is 8.95. The lowest BCUT2D eigenvalue weighted by molar-refractivity contribution is -0.134. The first-order valence-corrected chi connectivity index (χ1v) is 5.15. The van der Waals surface area contributed by atoms with Crippen molar-refractivity contribution in [3.8, 4) is 0 Å². The van der Waals surface area contributed by atoms with E-state index in [2.05, 4.69) is 16.7 Å². The van der Waals surface area contributed by atoms with Crippen LogP contribution in [0.5, 0.6) is 0 Å². The first kappa shape index (κ1) is 10.8. The SMILES string of the molecule is C=CC(=O)N1CCOC(Cn2cncn2)C1. The molecule has 1 aliphatic rings. The molecule has 86 valence electrons. The molecule has 1 aliphatic heterocycles. The molecular weight excluding hydrogens is 208 g/mol. The molecule has 0 saturated carbocycles. The van der Waals surface area contributed by atoms with Crippen molar-refractivity contribution in [3.05, 3.63) is 25.3 Å². The van der Waals surface area contributed by atoms with Gasteiger partial charge in [-0.2, -0.15) is 5.10 Å². The van der Waals surface area contributed by atoms with Crippen molar-refractivity contribution in [1.82, 2.24) is 19.7 Å². The number of hydrogen-bond donors (Lipinski definition) is 0. The standard InChI is InChI=1S/C10H14N4O2/c1-2-10(15)13-3-4-16-9(5-13)6-14-8-11-7-12-14/h2,7-9H,1,3-6H2. The fourth-order valence-corrected chi connectivity index (χ4v) is 1.69. The van der Waals surface area contributed by atoms with Gasteiger partial charge in [0.15, 0.2) is 0 Å². The average Bonchev–Trinajstić information content (AvgIpc) is 2.81. The summed E-state index contributed by atoms with van der Waals surface area (Å²) in [5.41, 5.74) is 0. The highest BCUT2D eigenvalue weighted by Crippen LogP contribution is 2.07. The van der Waals surface area contributed by atoms with Gasteiger partial charge in [-0.05, 0) is 6.08 Å². The second-order valence-corrected chi connectivity index (χ2v) is 3.60. The predicted octanol–water partition coefficient (Wildman–Crippen LogP) is -0.309. The predicted molar refractivity (Wildman–Crippen MR) is 56.5 cm³/mol. The van der Waals surface area contributed by atoms with Gasteiger partial charge in [0, 0.05) is 13.1 Å². The highest BCUT2D eigenvalue weighted by atomic mass is 16.5. The van der Waals surface area contributed by atoms with Crippen LogP contribution in [0.2, 0.25) is 0 Å². The molecule has 6 heteroatoms. The number of amides is 1. The molecule has 0 radical (unpaired) electrons. The minimum atomic E-state index is -0.0492. The van der Waals surface area contributed by atoms with Gasteiger partial charge in [0.25, 0.3) is 0 Å². The van der Waals surface area contributed by atoms with E-state index in [0.717, 1.165) is 0 Å².